The third-order valence-electron chi connectivity index (χ3n) is 4.39. The van der Waals surface area contributed by atoms with Crippen molar-refractivity contribution in [1.82, 2.24) is 0 Å². The Morgan fingerprint density at radius 1 is 1.20 bits per heavy atom. The molecular weight excluding hydrogens is 316 g/mol. The highest BCUT2D eigenvalue weighted by molar-refractivity contribution is 6.02. The van der Waals surface area contributed by atoms with Crippen molar-refractivity contribution in [3.63, 3.8) is 0 Å². The van der Waals surface area contributed by atoms with Gasteiger partial charge in [0.25, 0.3) is 0 Å². The third-order valence-corrected chi connectivity index (χ3v) is 4.39. The Kier molecular flexibility index (Phi) is 5.56. The van der Waals surface area contributed by atoms with Crippen LogP contribution in [0.1, 0.15) is 24.0 Å². The summed E-state index contributed by atoms with van der Waals surface area (Å²) in [5.41, 5.74) is 3.98. The number of carbonyl (C=O) groups is 1. The van der Waals surface area contributed by atoms with Gasteiger partial charge >= 0.3 is 6.03 Å². The van der Waals surface area contributed by atoms with Crippen LogP contribution in [-0.2, 0) is 11.2 Å². The van der Waals surface area contributed by atoms with Crippen LogP contribution in [0.15, 0.2) is 42.5 Å². The molecular formula is C20H24N2O3. The minimum atomic E-state index is -0.0944. The van der Waals surface area contributed by atoms with E-state index in [0.717, 1.165) is 48.5 Å². The molecule has 0 aliphatic carbocycles. The maximum Gasteiger partial charge on any atom is 0.326 e. The maximum absolute atomic E-state index is 12.9. The lowest BCUT2D eigenvalue weighted by molar-refractivity contribution is 0.0511. The van der Waals surface area contributed by atoms with E-state index in [0.29, 0.717) is 0 Å². The van der Waals surface area contributed by atoms with Gasteiger partial charge in [-0.2, -0.15) is 0 Å². The van der Waals surface area contributed by atoms with Crippen molar-refractivity contribution < 1.29 is 14.3 Å². The summed E-state index contributed by atoms with van der Waals surface area (Å²) in [4.78, 5) is 14.7. The molecule has 2 aromatic rings. The highest BCUT2D eigenvalue weighted by Gasteiger charge is 2.21. The van der Waals surface area contributed by atoms with E-state index < -0.39 is 0 Å². The molecule has 5 heteroatoms. The number of urea groups is 1. The van der Waals surface area contributed by atoms with Gasteiger partial charge in [0, 0.05) is 25.0 Å². The summed E-state index contributed by atoms with van der Waals surface area (Å²) in [6.45, 7) is 2.89. The molecule has 132 valence electrons. The van der Waals surface area contributed by atoms with E-state index in [1.807, 2.05) is 48.2 Å². The molecule has 1 aliphatic heterocycles. The summed E-state index contributed by atoms with van der Waals surface area (Å²) in [6.07, 6.45) is 3.13. The Bertz CT molecular complexity index is 745. The van der Waals surface area contributed by atoms with Crippen molar-refractivity contribution in [1.29, 1.82) is 0 Å². The van der Waals surface area contributed by atoms with E-state index >= 15 is 0 Å². The van der Waals surface area contributed by atoms with Gasteiger partial charge in [-0.05, 0) is 61.6 Å². The SMILES string of the molecule is COCOc1ccc(NC(=O)N2CCCCc3ccccc32)c(C)c1. The summed E-state index contributed by atoms with van der Waals surface area (Å²) in [5.74, 6) is 0.720. The van der Waals surface area contributed by atoms with Gasteiger partial charge < -0.3 is 14.8 Å². The third kappa shape index (κ3) is 4.12. The standard InChI is InChI=1S/C20H24N2O3/c1-15-13-17(25-14-24-2)10-11-18(15)21-20(23)22-12-6-5-8-16-7-3-4-9-19(16)22/h3-4,7,9-11,13H,5-6,8,12,14H2,1-2H3,(H,21,23). The average molecular weight is 340 g/mol. The van der Waals surface area contributed by atoms with Gasteiger partial charge in [0.2, 0.25) is 0 Å². The predicted octanol–water partition coefficient (Wildman–Crippen LogP) is 4.35. The predicted molar refractivity (Wildman–Crippen MR) is 99.4 cm³/mol. The van der Waals surface area contributed by atoms with E-state index in [1.54, 1.807) is 7.11 Å². The summed E-state index contributed by atoms with van der Waals surface area (Å²) < 4.78 is 10.3. The number of fused-ring (bicyclic) bond motifs is 1. The number of methoxy groups -OCH3 is 1. The highest BCUT2D eigenvalue weighted by atomic mass is 16.7. The Morgan fingerprint density at radius 2 is 2.04 bits per heavy atom. The minimum absolute atomic E-state index is 0.0944. The van der Waals surface area contributed by atoms with Gasteiger partial charge in [-0.1, -0.05) is 18.2 Å². The normalized spacial score (nSPS) is 13.8. The van der Waals surface area contributed by atoms with Crippen LogP contribution in [0.2, 0.25) is 0 Å². The number of aryl methyl sites for hydroxylation is 2. The number of carbonyl (C=O) groups excluding carboxylic acids is 1. The summed E-state index contributed by atoms with van der Waals surface area (Å²) in [6, 6.07) is 13.6. The number of anilines is 2. The lowest BCUT2D eigenvalue weighted by Crippen LogP contribution is -2.35. The first-order valence-corrected chi connectivity index (χ1v) is 8.58. The summed E-state index contributed by atoms with van der Waals surface area (Å²) in [7, 11) is 1.58. The van der Waals surface area contributed by atoms with E-state index in [2.05, 4.69) is 11.4 Å². The second kappa shape index (κ2) is 8.03. The molecule has 0 spiro atoms. The molecule has 0 atom stereocenters. The number of ether oxygens (including phenoxy) is 2. The van der Waals surface area contributed by atoms with Crippen molar-refractivity contribution in [2.24, 2.45) is 0 Å². The van der Waals surface area contributed by atoms with E-state index in [1.165, 1.54) is 5.56 Å². The van der Waals surface area contributed by atoms with Crippen LogP contribution in [0.4, 0.5) is 16.2 Å². The number of nitrogens with one attached hydrogen (secondary N) is 1. The monoisotopic (exact) mass is 340 g/mol. The molecule has 0 aromatic heterocycles. The fourth-order valence-electron chi connectivity index (χ4n) is 3.08. The Balaban J connectivity index is 1.76. The quantitative estimate of drug-likeness (QED) is 0.842. The van der Waals surface area contributed by atoms with Crippen molar-refractivity contribution >= 4 is 17.4 Å². The highest BCUT2D eigenvalue weighted by Crippen LogP contribution is 2.28. The van der Waals surface area contributed by atoms with Gasteiger partial charge in [-0.25, -0.2) is 4.79 Å². The van der Waals surface area contributed by atoms with Crippen molar-refractivity contribution in [3.8, 4) is 5.75 Å². The number of nitrogens with zero attached hydrogens (tertiary/aromatic N) is 1. The molecule has 2 aromatic carbocycles. The maximum atomic E-state index is 12.9. The van der Waals surface area contributed by atoms with Crippen LogP contribution >= 0.6 is 0 Å². The molecule has 0 bridgehead atoms. The second-order valence-electron chi connectivity index (χ2n) is 6.20. The molecule has 0 saturated heterocycles. The molecule has 25 heavy (non-hydrogen) atoms. The lowest BCUT2D eigenvalue weighted by Gasteiger charge is -2.24. The molecule has 0 unspecified atom stereocenters. The number of benzene rings is 2. The summed E-state index contributed by atoms with van der Waals surface area (Å²) in [5, 5.41) is 3.03. The van der Waals surface area contributed by atoms with Gasteiger partial charge in [0.1, 0.15) is 5.75 Å². The Hall–Kier alpha value is -2.53. The lowest BCUT2D eigenvalue weighted by atomic mass is 10.1. The number of rotatable bonds is 4. The van der Waals surface area contributed by atoms with Crippen LogP contribution in [0.3, 0.4) is 0 Å². The van der Waals surface area contributed by atoms with Gasteiger partial charge in [0.15, 0.2) is 6.79 Å². The zero-order valence-electron chi connectivity index (χ0n) is 14.7. The number of hydrogen-bond donors (Lipinski definition) is 1. The smallest absolute Gasteiger partial charge is 0.326 e. The van der Waals surface area contributed by atoms with Crippen molar-refractivity contribution in [2.45, 2.75) is 26.2 Å². The van der Waals surface area contributed by atoms with Crippen LogP contribution in [0, 0.1) is 6.92 Å². The van der Waals surface area contributed by atoms with E-state index in [-0.39, 0.29) is 12.8 Å². The summed E-state index contributed by atoms with van der Waals surface area (Å²) >= 11 is 0. The molecule has 1 aliphatic rings. The molecule has 0 saturated carbocycles. The first kappa shape index (κ1) is 17.3. The zero-order chi connectivity index (χ0) is 17.6. The number of para-hydroxylation sites is 1. The average Bonchev–Trinajstić information content (AvgIpc) is 2.84. The number of amides is 2. The van der Waals surface area contributed by atoms with Gasteiger partial charge in [-0.15, -0.1) is 0 Å². The molecule has 0 radical (unpaired) electrons. The van der Waals surface area contributed by atoms with Gasteiger partial charge in [0.05, 0.1) is 0 Å². The Labute approximate surface area is 148 Å². The molecule has 3 rings (SSSR count). The van der Waals surface area contributed by atoms with Crippen LogP contribution in [-0.4, -0.2) is 26.5 Å². The van der Waals surface area contributed by atoms with Crippen molar-refractivity contribution in [3.05, 3.63) is 53.6 Å². The molecule has 5 nitrogen and oxygen atoms in total. The van der Waals surface area contributed by atoms with Crippen molar-refractivity contribution in [2.75, 3.05) is 30.7 Å². The topological polar surface area (TPSA) is 50.8 Å². The molecule has 0 fully saturated rings. The number of hydrogen-bond acceptors (Lipinski definition) is 3. The largest absolute Gasteiger partial charge is 0.468 e. The van der Waals surface area contributed by atoms with Crippen LogP contribution < -0.4 is 15.0 Å². The second-order valence-corrected chi connectivity index (χ2v) is 6.20. The first-order valence-electron chi connectivity index (χ1n) is 8.58. The molecule has 2 amide bonds. The Morgan fingerprint density at radius 3 is 2.84 bits per heavy atom. The van der Waals surface area contributed by atoms with Crippen LogP contribution in [0.25, 0.3) is 0 Å². The van der Waals surface area contributed by atoms with Crippen LogP contribution in [0.5, 0.6) is 5.75 Å². The zero-order valence-corrected chi connectivity index (χ0v) is 14.7. The molecule has 1 N–H and O–H groups in total. The van der Waals surface area contributed by atoms with E-state index in [9.17, 15) is 4.79 Å². The van der Waals surface area contributed by atoms with Gasteiger partial charge in [-0.3, -0.25) is 4.90 Å². The van der Waals surface area contributed by atoms with E-state index in [4.69, 9.17) is 9.47 Å². The minimum Gasteiger partial charge on any atom is -0.468 e. The molecule has 1 heterocycles. The fourth-order valence-corrected chi connectivity index (χ4v) is 3.08. The first-order chi connectivity index (χ1) is 12.2. The fraction of sp³-hybridized carbons (Fsp3) is 0.350.